The third kappa shape index (κ3) is 3.85. The smallest absolute Gasteiger partial charge is 0.226 e. The second-order valence-corrected chi connectivity index (χ2v) is 7.69. The number of benzene rings is 1. The van der Waals surface area contributed by atoms with Gasteiger partial charge in [-0.1, -0.05) is 6.07 Å². The number of aromatic nitrogens is 2. The Morgan fingerprint density at radius 3 is 2.54 bits per heavy atom. The number of hydrogen-bond donors (Lipinski definition) is 0. The van der Waals surface area contributed by atoms with Crippen LogP contribution >= 0.6 is 0 Å². The topological polar surface area (TPSA) is 59.8 Å². The summed E-state index contributed by atoms with van der Waals surface area (Å²) in [5.74, 6) is 2.30. The number of methoxy groups -OCH3 is 2. The number of nitrogens with zero attached hydrogens (tertiary/aromatic N) is 4. The summed E-state index contributed by atoms with van der Waals surface area (Å²) < 4.78 is 12.5. The first-order chi connectivity index (χ1) is 13.6. The average molecular weight is 384 g/mol. The van der Waals surface area contributed by atoms with Crippen LogP contribution in [-0.2, 0) is 18.4 Å². The molecule has 2 fully saturated rings. The molecule has 4 rings (SSSR count). The standard InChI is InChI=1S/C21H28N4O3/c1-23-14-16(12-22-23)17-11-18(17)21(26)25-8-6-24(7-9-25)13-15-4-5-19(27-2)20(10-15)28-3/h4-5,10,12,14,17-18H,6-9,11,13H2,1-3H3. The Morgan fingerprint density at radius 2 is 1.89 bits per heavy atom. The highest BCUT2D eigenvalue weighted by atomic mass is 16.5. The van der Waals surface area contributed by atoms with Gasteiger partial charge in [0.2, 0.25) is 5.91 Å². The lowest BCUT2D eigenvalue weighted by atomic mass is 10.1. The molecule has 1 aliphatic heterocycles. The molecule has 0 bridgehead atoms. The number of rotatable bonds is 6. The summed E-state index contributed by atoms with van der Waals surface area (Å²) >= 11 is 0. The summed E-state index contributed by atoms with van der Waals surface area (Å²) in [6, 6.07) is 6.04. The molecule has 28 heavy (non-hydrogen) atoms. The van der Waals surface area contributed by atoms with E-state index < -0.39 is 0 Å². The average Bonchev–Trinajstić information content (AvgIpc) is 3.41. The first kappa shape index (κ1) is 18.8. The Bertz CT molecular complexity index is 842. The minimum atomic E-state index is 0.140. The fraction of sp³-hybridized carbons (Fsp3) is 0.524. The molecule has 1 saturated carbocycles. The van der Waals surface area contributed by atoms with Crippen LogP contribution in [-0.4, -0.2) is 65.9 Å². The molecule has 2 atom stereocenters. The maximum atomic E-state index is 12.8. The van der Waals surface area contributed by atoms with E-state index in [1.165, 1.54) is 11.1 Å². The van der Waals surface area contributed by atoms with Crippen LogP contribution in [0.2, 0.25) is 0 Å². The normalized spacial score (nSPS) is 22.2. The predicted molar refractivity (Wildman–Crippen MR) is 105 cm³/mol. The van der Waals surface area contributed by atoms with Crippen LogP contribution in [0.1, 0.15) is 23.5 Å². The van der Waals surface area contributed by atoms with Crippen LogP contribution in [0.25, 0.3) is 0 Å². The van der Waals surface area contributed by atoms with Gasteiger partial charge in [-0.05, 0) is 35.6 Å². The lowest BCUT2D eigenvalue weighted by molar-refractivity contribution is -0.134. The molecule has 1 aliphatic carbocycles. The van der Waals surface area contributed by atoms with Crippen LogP contribution < -0.4 is 9.47 Å². The summed E-state index contributed by atoms with van der Waals surface area (Å²) in [5, 5.41) is 4.23. The van der Waals surface area contributed by atoms with Gasteiger partial charge in [-0.3, -0.25) is 14.4 Å². The van der Waals surface area contributed by atoms with Crippen molar-refractivity contribution in [2.45, 2.75) is 18.9 Å². The second kappa shape index (κ2) is 7.83. The van der Waals surface area contributed by atoms with Crippen molar-refractivity contribution in [3.63, 3.8) is 0 Å². The van der Waals surface area contributed by atoms with Gasteiger partial charge in [0.25, 0.3) is 0 Å². The molecular formula is C21H28N4O3. The molecule has 2 heterocycles. The van der Waals surface area contributed by atoms with E-state index in [-0.39, 0.29) is 5.92 Å². The van der Waals surface area contributed by atoms with Gasteiger partial charge in [-0.25, -0.2) is 0 Å². The molecule has 150 valence electrons. The monoisotopic (exact) mass is 384 g/mol. The van der Waals surface area contributed by atoms with Gasteiger partial charge in [-0.15, -0.1) is 0 Å². The van der Waals surface area contributed by atoms with E-state index in [2.05, 4.69) is 16.1 Å². The van der Waals surface area contributed by atoms with Gasteiger partial charge in [0, 0.05) is 51.9 Å². The Morgan fingerprint density at radius 1 is 1.14 bits per heavy atom. The highest BCUT2D eigenvalue weighted by Gasteiger charge is 2.46. The first-order valence-electron chi connectivity index (χ1n) is 9.79. The van der Waals surface area contributed by atoms with Gasteiger partial charge < -0.3 is 14.4 Å². The molecule has 2 aliphatic rings. The SMILES string of the molecule is COc1ccc(CN2CCN(C(=O)C3CC3c3cnn(C)c3)CC2)cc1OC. The second-order valence-electron chi connectivity index (χ2n) is 7.69. The van der Waals surface area contributed by atoms with E-state index in [9.17, 15) is 4.79 Å². The van der Waals surface area contributed by atoms with Gasteiger partial charge in [0.15, 0.2) is 11.5 Å². The Kier molecular flexibility index (Phi) is 5.26. The Labute approximate surface area is 165 Å². The van der Waals surface area contributed by atoms with Crippen molar-refractivity contribution in [1.29, 1.82) is 0 Å². The zero-order valence-corrected chi connectivity index (χ0v) is 16.8. The van der Waals surface area contributed by atoms with Crippen LogP contribution in [0, 0.1) is 5.92 Å². The molecule has 1 aromatic carbocycles. The summed E-state index contributed by atoms with van der Waals surface area (Å²) in [6.07, 6.45) is 4.87. The van der Waals surface area contributed by atoms with Crippen LogP contribution in [0.15, 0.2) is 30.6 Å². The third-order valence-electron chi connectivity index (χ3n) is 5.80. The van der Waals surface area contributed by atoms with Crippen LogP contribution in [0.3, 0.4) is 0 Å². The minimum absolute atomic E-state index is 0.140. The molecule has 0 N–H and O–H groups in total. The van der Waals surface area contributed by atoms with Crippen molar-refractivity contribution in [3.8, 4) is 11.5 Å². The fourth-order valence-electron chi connectivity index (χ4n) is 4.07. The van der Waals surface area contributed by atoms with Crippen molar-refractivity contribution in [2.24, 2.45) is 13.0 Å². The predicted octanol–water partition coefficient (Wildman–Crippen LogP) is 1.89. The molecule has 0 radical (unpaired) electrons. The lowest BCUT2D eigenvalue weighted by Gasteiger charge is -2.35. The Balaban J connectivity index is 1.28. The van der Waals surface area contributed by atoms with E-state index in [1.807, 2.05) is 41.2 Å². The number of ether oxygens (including phenoxy) is 2. The molecule has 1 amide bonds. The van der Waals surface area contributed by atoms with E-state index in [4.69, 9.17) is 9.47 Å². The molecular weight excluding hydrogens is 356 g/mol. The van der Waals surface area contributed by atoms with Crippen molar-refractivity contribution in [2.75, 3.05) is 40.4 Å². The number of piperazine rings is 1. The van der Waals surface area contributed by atoms with Gasteiger partial charge in [0.05, 0.1) is 20.4 Å². The maximum Gasteiger partial charge on any atom is 0.226 e. The van der Waals surface area contributed by atoms with E-state index in [0.717, 1.165) is 50.6 Å². The van der Waals surface area contributed by atoms with Gasteiger partial charge in [0.1, 0.15) is 0 Å². The quantitative estimate of drug-likeness (QED) is 0.761. The highest BCUT2D eigenvalue weighted by Crippen LogP contribution is 2.48. The Hall–Kier alpha value is -2.54. The third-order valence-corrected chi connectivity index (χ3v) is 5.80. The largest absolute Gasteiger partial charge is 0.493 e. The number of carbonyl (C=O) groups excluding carboxylic acids is 1. The van der Waals surface area contributed by atoms with E-state index in [0.29, 0.717) is 11.8 Å². The number of aryl methyl sites for hydroxylation is 1. The zero-order chi connectivity index (χ0) is 19.7. The van der Waals surface area contributed by atoms with E-state index >= 15 is 0 Å². The summed E-state index contributed by atoms with van der Waals surface area (Å²) in [5.41, 5.74) is 2.38. The van der Waals surface area contributed by atoms with Crippen molar-refractivity contribution in [1.82, 2.24) is 19.6 Å². The number of amides is 1. The minimum Gasteiger partial charge on any atom is -0.493 e. The fourth-order valence-corrected chi connectivity index (χ4v) is 4.07. The summed E-state index contributed by atoms with van der Waals surface area (Å²) in [4.78, 5) is 17.2. The van der Waals surface area contributed by atoms with Crippen LogP contribution in [0.4, 0.5) is 0 Å². The zero-order valence-electron chi connectivity index (χ0n) is 16.8. The van der Waals surface area contributed by atoms with Crippen molar-refractivity contribution in [3.05, 3.63) is 41.7 Å². The first-order valence-corrected chi connectivity index (χ1v) is 9.79. The molecule has 7 nitrogen and oxygen atoms in total. The van der Waals surface area contributed by atoms with Crippen molar-refractivity contribution < 1.29 is 14.3 Å². The van der Waals surface area contributed by atoms with Crippen LogP contribution in [0.5, 0.6) is 11.5 Å². The van der Waals surface area contributed by atoms with E-state index in [1.54, 1.807) is 14.2 Å². The molecule has 2 aromatic rings. The molecule has 2 unspecified atom stereocenters. The molecule has 1 saturated heterocycles. The highest BCUT2D eigenvalue weighted by molar-refractivity contribution is 5.83. The lowest BCUT2D eigenvalue weighted by Crippen LogP contribution is -2.48. The molecule has 7 heteroatoms. The van der Waals surface area contributed by atoms with Crippen molar-refractivity contribution >= 4 is 5.91 Å². The van der Waals surface area contributed by atoms with Gasteiger partial charge >= 0.3 is 0 Å². The van der Waals surface area contributed by atoms with Gasteiger partial charge in [-0.2, -0.15) is 5.10 Å². The summed E-state index contributed by atoms with van der Waals surface area (Å²) in [7, 11) is 5.22. The summed E-state index contributed by atoms with van der Waals surface area (Å²) in [6.45, 7) is 4.23. The molecule has 0 spiro atoms. The number of carbonyl (C=O) groups is 1. The molecule has 1 aromatic heterocycles. The maximum absolute atomic E-state index is 12.8. The number of hydrogen-bond acceptors (Lipinski definition) is 5.